The lowest BCUT2D eigenvalue weighted by molar-refractivity contribution is 0.668. The Morgan fingerprint density at radius 2 is 1.95 bits per heavy atom. The minimum Gasteiger partial charge on any atom is -0.357 e. The quantitative estimate of drug-likeness (QED) is 0.596. The average molecular weight is 285 g/mol. The highest BCUT2D eigenvalue weighted by Gasteiger charge is 2.43. The second-order valence-electron chi connectivity index (χ2n) is 6.50. The lowest BCUT2D eigenvalue weighted by Gasteiger charge is -2.16. The van der Waals surface area contributed by atoms with Crippen molar-refractivity contribution < 1.29 is 0 Å². The van der Waals surface area contributed by atoms with Crippen LogP contribution in [0.25, 0.3) is 0 Å². The van der Waals surface area contributed by atoms with Crippen molar-refractivity contribution in [2.75, 3.05) is 19.6 Å². The Bertz CT molecular complexity index is 472. The van der Waals surface area contributed by atoms with Gasteiger partial charge in [0.2, 0.25) is 0 Å². The van der Waals surface area contributed by atoms with Crippen LogP contribution in [0.3, 0.4) is 0 Å². The summed E-state index contributed by atoms with van der Waals surface area (Å²) >= 11 is 0. The molecule has 3 heteroatoms. The monoisotopic (exact) mass is 285 g/mol. The lowest BCUT2D eigenvalue weighted by Crippen LogP contribution is -2.38. The van der Waals surface area contributed by atoms with Gasteiger partial charge in [-0.3, -0.25) is 4.99 Å². The lowest BCUT2D eigenvalue weighted by atomic mass is 9.96. The molecule has 2 fully saturated rings. The third-order valence-electron chi connectivity index (χ3n) is 4.67. The van der Waals surface area contributed by atoms with E-state index in [0.717, 1.165) is 31.5 Å². The number of hydrogen-bond donors (Lipinski definition) is 2. The molecule has 0 heterocycles. The van der Waals surface area contributed by atoms with Crippen molar-refractivity contribution in [1.82, 2.24) is 10.6 Å². The highest BCUT2D eigenvalue weighted by Crippen LogP contribution is 2.48. The number of nitrogens with one attached hydrogen (secondary N) is 2. The molecule has 0 amide bonds. The highest BCUT2D eigenvalue weighted by molar-refractivity contribution is 5.79. The molecule has 0 saturated heterocycles. The van der Waals surface area contributed by atoms with Gasteiger partial charge in [-0.2, -0.15) is 0 Å². The first-order valence-electron chi connectivity index (χ1n) is 8.40. The number of rotatable bonds is 7. The van der Waals surface area contributed by atoms with Crippen molar-refractivity contribution in [3.05, 3.63) is 35.9 Å². The summed E-state index contributed by atoms with van der Waals surface area (Å²) in [7, 11) is 0. The molecule has 0 unspecified atom stereocenters. The molecule has 0 spiro atoms. The van der Waals surface area contributed by atoms with Gasteiger partial charge in [-0.05, 0) is 37.7 Å². The molecule has 3 nitrogen and oxygen atoms in total. The smallest absolute Gasteiger partial charge is 0.191 e. The fourth-order valence-electron chi connectivity index (χ4n) is 2.85. The standard InChI is InChI=1S/C18H27N3/c1-2-19-17(20-13-10-15-8-9-15)21-14-18(11-12-18)16-6-4-3-5-7-16/h3-7,15H,2,8-14H2,1H3,(H2,19,20,21). The molecule has 2 aliphatic rings. The van der Waals surface area contributed by atoms with Gasteiger partial charge in [-0.25, -0.2) is 0 Å². The maximum Gasteiger partial charge on any atom is 0.191 e. The van der Waals surface area contributed by atoms with Crippen LogP contribution in [-0.2, 0) is 5.41 Å². The SMILES string of the molecule is CCNC(=NCC1(c2ccccc2)CC1)NCCC1CC1. The zero-order valence-electron chi connectivity index (χ0n) is 13.1. The molecular formula is C18H27N3. The van der Waals surface area contributed by atoms with Gasteiger partial charge in [-0.1, -0.05) is 43.2 Å². The first kappa shape index (κ1) is 14.4. The Labute approximate surface area is 128 Å². The van der Waals surface area contributed by atoms with Crippen LogP contribution in [0.5, 0.6) is 0 Å². The molecule has 0 bridgehead atoms. The van der Waals surface area contributed by atoms with Crippen molar-refractivity contribution in [1.29, 1.82) is 0 Å². The zero-order valence-corrected chi connectivity index (χ0v) is 13.1. The molecule has 0 aliphatic heterocycles. The molecule has 0 atom stereocenters. The fraction of sp³-hybridized carbons (Fsp3) is 0.611. The Kier molecular flexibility index (Phi) is 4.47. The molecule has 1 aromatic rings. The molecule has 2 aliphatic carbocycles. The van der Waals surface area contributed by atoms with Gasteiger partial charge in [-0.15, -0.1) is 0 Å². The van der Waals surface area contributed by atoms with E-state index in [1.54, 1.807) is 0 Å². The highest BCUT2D eigenvalue weighted by atomic mass is 15.2. The van der Waals surface area contributed by atoms with E-state index in [2.05, 4.69) is 47.9 Å². The van der Waals surface area contributed by atoms with E-state index >= 15 is 0 Å². The summed E-state index contributed by atoms with van der Waals surface area (Å²) in [6.45, 7) is 5.00. The van der Waals surface area contributed by atoms with E-state index in [4.69, 9.17) is 4.99 Å². The second kappa shape index (κ2) is 6.50. The van der Waals surface area contributed by atoms with Crippen molar-refractivity contribution in [3.8, 4) is 0 Å². The predicted molar refractivity (Wildman–Crippen MR) is 88.7 cm³/mol. The number of aliphatic imine (C=N–C) groups is 1. The van der Waals surface area contributed by atoms with Crippen LogP contribution < -0.4 is 10.6 Å². The minimum atomic E-state index is 0.306. The Morgan fingerprint density at radius 3 is 2.57 bits per heavy atom. The zero-order chi connectivity index (χ0) is 14.5. The topological polar surface area (TPSA) is 36.4 Å². The Hall–Kier alpha value is -1.51. The molecule has 2 saturated carbocycles. The largest absolute Gasteiger partial charge is 0.357 e. The summed E-state index contributed by atoms with van der Waals surface area (Å²) in [4.78, 5) is 4.84. The third kappa shape index (κ3) is 3.99. The van der Waals surface area contributed by atoms with E-state index in [1.165, 1.54) is 37.7 Å². The molecule has 0 radical (unpaired) electrons. The van der Waals surface area contributed by atoms with Gasteiger partial charge in [0.05, 0.1) is 6.54 Å². The van der Waals surface area contributed by atoms with Crippen LogP contribution in [0.2, 0.25) is 0 Å². The van der Waals surface area contributed by atoms with Crippen LogP contribution in [0, 0.1) is 5.92 Å². The summed E-state index contributed by atoms with van der Waals surface area (Å²) in [5, 5.41) is 6.85. The van der Waals surface area contributed by atoms with E-state index in [0.29, 0.717) is 5.41 Å². The van der Waals surface area contributed by atoms with Gasteiger partial charge in [0, 0.05) is 18.5 Å². The van der Waals surface area contributed by atoms with Crippen molar-refractivity contribution >= 4 is 5.96 Å². The maximum absolute atomic E-state index is 4.84. The molecule has 114 valence electrons. The third-order valence-corrected chi connectivity index (χ3v) is 4.67. The number of hydrogen-bond acceptors (Lipinski definition) is 1. The van der Waals surface area contributed by atoms with Crippen molar-refractivity contribution in [2.24, 2.45) is 10.9 Å². The predicted octanol–water partition coefficient (Wildman–Crippen LogP) is 3.07. The summed E-state index contributed by atoms with van der Waals surface area (Å²) in [6, 6.07) is 10.9. The molecule has 1 aromatic carbocycles. The fourth-order valence-corrected chi connectivity index (χ4v) is 2.85. The van der Waals surface area contributed by atoms with Crippen LogP contribution >= 0.6 is 0 Å². The van der Waals surface area contributed by atoms with Gasteiger partial charge in [0.1, 0.15) is 0 Å². The maximum atomic E-state index is 4.84. The molecule has 3 rings (SSSR count). The number of guanidine groups is 1. The molecule has 0 aromatic heterocycles. The molecular weight excluding hydrogens is 258 g/mol. The summed E-state index contributed by atoms with van der Waals surface area (Å²) in [5.41, 5.74) is 1.75. The average Bonchev–Trinajstić information content (AvgIpc) is 3.41. The number of nitrogens with zero attached hydrogens (tertiary/aromatic N) is 1. The van der Waals surface area contributed by atoms with Gasteiger partial charge >= 0.3 is 0 Å². The van der Waals surface area contributed by atoms with Crippen molar-refractivity contribution in [2.45, 2.75) is 44.4 Å². The minimum absolute atomic E-state index is 0.306. The normalized spacial score (nSPS) is 20.1. The first-order chi connectivity index (χ1) is 10.3. The van der Waals surface area contributed by atoms with Gasteiger partial charge in [0.15, 0.2) is 5.96 Å². The van der Waals surface area contributed by atoms with E-state index in [9.17, 15) is 0 Å². The van der Waals surface area contributed by atoms with E-state index < -0.39 is 0 Å². The summed E-state index contributed by atoms with van der Waals surface area (Å²) in [5.74, 6) is 1.96. The van der Waals surface area contributed by atoms with Crippen LogP contribution in [0.1, 0.15) is 44.6 Å². The summed E-state index contributed by atoms with van der Waals surface area (Å²) in [6.07, 6.45) is 6.66. The Morgan fingerprint density at radius 1 is 1.19 bits per heavy atom. The van der Waals surface area contributed by atoms with Gasteiger partial charge < -0.3 is 10.6 Å². The Balaban J connectivity index is 1.55. The van der Waals surface area contributed by atoms with Crippen LogP contribution in [0.15, 0.2) is 35.3 Å². The first-order valence-corrected chi connectivity index (χ1v) is 8.40. The number of benzene rings is 1. The molecule has 2 N–H and O–H groups in total. The van der Waals surface area contributed by atoms with Gasteiger partial charge in [0.25, 0.3) is 0 Å². The molecule has 21 heavy (non-hydrogen) atoms. The van der Waals surface area contributed by atoms with Crippen molar-refractivity contribution in [3.63, 3.8) is 0 Å². The second-order valence-corrected chi connectivity index (χ2v) is 6.50. The summed E-state index contributed by atoms with van der Waals surface area (Å²) < 4.78 is 0. The van der Waals surface area contributed by atoms with E-state index in [-0.39, 0.29) is 0 Å². The van der Waals surface area contributed by atoms with Crippen LogP contribution in [-0.4, -0.2) is 25.6 Å². The van der Waals surface area contributed by atoms with E-state index in [1.807, 2.05) is 0 Å². The van der Waals surface area contributed by atoms with Crippen LogP contribution in [0.4, 0.5) is 0 Å².